The number of nitriles is 1. The van der Waals surface area contributed by atoms with Gasteiger partial charge in [0.25, 0.3) is 0 Å². The number of hydrogen-bond donors (Lipinski definition) is 1. The van der Waals surface area contributed by atoms with E-state index in [9.17, 15) is 0 Å². The van der Waals surface area contributed by atoms with Gasteiger partial charge in [0, 0.05) is 18.8 Å². The number of rotatable bonds is 2. The summed E-state index contributed by atoms with van der Waals surface area (Å²) in [4.78, 5) is 0. The third kappa shape index (κ3) is 1.85. The highest BCUT2D eigenvalue weighted by Gasteiger charge is 2.16. The first-order valence-corrected chi connectivity index (χ1v) is 5.79. The molecule has 0 atom stereocenters. The Morgan fingerprint density at radius 1 is 1.37 bits per heavy atom. The lowest BCUT2D eigenvalue weighted by atomic mass is 10.2. The van der Waals surface area contributed by atoms with Gasteiger partial charge in [-0.15, -0.1) is 0 Å². The zero-order valence-corrected chi connectivity index (χ0v) is 10.6. The topological polar surface area (TPSA) is 72.1 Å². The van der Waals surface area contributed by atoms with E-state index in [1.165, 1.54) is 0 Å². The third-order valence-corrected chi connectivity index (χ3v) is 2.97. The van der Waals surface area contributed by atoms with Crippen LogP contribution in [0.5, 0.6) is 11.5 Å². The van der Waals surface area contributed by atoms with Crippen LogP contribution in [0.15, 0.2) is 18.2 Å². The van der Waals surface area contributed by atoms with Gasteiger partial charge in [0.05, 0.1) is 5.69 Å². The van der Waals surface area contributed by atoms with E-state index in [2.05, 4.69) is 16.5 Å². The van der Waals surface area contributed by atoms with Gasteiger partial charge in [0.15, 0.2) is 11.5 Å². The molecule has 0 saturated carbocycles. The molecule has 0 bridgehead atoms. The van der Waals surface area contributed by atoms with Crippen molar-refractivity contribution in [2.75, 3.05) is 12.1 Å². The number of aryl methyl sites for hydroxylation is 2. The van der Waals surface area contributed by atoms with Crippen LogP contribution in [0.4, 0.5) is 11.5 Å². The number of fused-ring (bicyclic) bond motifs is 1. The molecule has 0 aliphatic carbocycles. The second-order valence-electron chi connectivity index (χ2n) is 4.24. The maximum Gasteiger partial charge on any atom is 0.231 e. The second kappa shape index (κ2) is 4.21. The summed E-state index contributed by atoms with van der Waals surface area (Å²) >= 11 is 0. The van der Waals surface area contributed by atoms with Gasteiger partial charge in [-0.05, 0) is 19.1 Å². The molecule has 2 heterocycles. The van der Waals surface area contributed by atoms with Crippen LogP contribution in [0.3, 0.4) is 0 Å². The standard InChI is InChI=1S/C13H12N4O2/c1-8-10(6-14)13(17(2)16-8)15-9-3-4-11-12(5-9)19-7-18-11/h3-5,15H,7H2,1-2H3. The number of ether oxygens (including phenoxy) is 2. The fourth-order valence-electron chi connectivity index (χ4n) is 2.05. The quantitative estimate of drug-likeness (QED) is 0.890. The minimum atomic E-state index is 0.243. The molecule has 1 aliphatic heterocycles. The van der Waals surface area contributed by atoms with Crippen LogP contribution in [0.1, 0.15) is 11.3 Å². The van der Waals surface area contributed by atoms with E-state index >= 15 is 0 Å². The molecule has 2 aromatic rings. The molecule has 96 valence electrons. The van der Waals surface area contributed by atoms with E-state index in [0.717, 1.165) is 11.4 Å². The zero-order chi connectivity index (χ0) is 13.4. The van der Waals surface area contributed by atoms with Gasteiger partial charge in [-0.25, -0.2) is 0 Å². The summed E-state index contributed by atoms with van der Waals surface area (Å²) in [5.41, 5.74) is 2.07. The van der Waals surface area contributed by atoms with Crippen molar-refractivity contribution >= 4 is 11.5 Å². The van der Waals surface area contributed by atoms with Gasteiger partial charge >= 0.3 is 0 Å². The smallest absolute Gasteiger partial charge is 0.231 e. The molecule has 1 aromatic heterocycles. The van der Waals surface area contributed by atoms with Crippen LogP contribution >= 0.6 is 0 Å². The number of hydrogen-bond acceptors (Lipinski definition) is 5. The monoisotopic (exact) mass is 256 g/mol. The maximum absolute atomic E-state index is 9.16. The lowest BCUT2D eigenvalue weighted by molar-refractivity contribution is 0.174. The highest BCUT2D eigenvalue weighted by Crippen LogP contribution is 2.35. The van der Waals surface area contributed by atoms with Crippen molar-refractivity contribution in [1.82, 2.24) is 9.78 Å². The summed E-state index contributed by atoms with van der Waals surface area (Å²) in [5.74, 6) is 2.09. The first kappa shape index (κ1) is 11.4. The number of benzene rings is 1. The van der Waals surface area contributed by atoms with Gasteiger partial charge in [0.1, 0.15) is 17.5 Å². The average molecular weight is 256 g/mol. The van der Waals surface area contributed by atoms with Crippen molar-refractivity contribution in [3.05, 3.63) is 29.5 Å². The summed E-state index contributed by atoms with van der Waals surface area (Å²) < 4.78 is 12.2. The first-order valence-electron chi connectivity index (χ1n) is 5.79. The van der Waals surface area contributed by atoms with Crippen LogP contribution in [0.2, 0.25) is 0 Å². The molecule has 0 unspecified atom stereocenters. The first-order chi connectivity index (χ1) is 9.19. The largest absolute Gasteiger partial charge is 0.454 e. The molecular formula is C13H12N4O2. The molecule has 0 saturated heterocycles. The Bertz CT molecular complexity index is 685. The minimum Gasteiger partial charge on any atom is -0.454 e. The molecule has 6 nitrogen and oxygen atoms in total. The van der Waals surface area contributed by atoms with Crippen molar-refractivity contribution in [2.24, 2.45) is 7.05 Å². The van der Waals surface area contributed by atoms with E-state index < -0.39 is 0 Å². The molecule has 0 radical (unpaired) electrons. The van der Waals surface area contributed by atoms with Gasteiger partial charge in [-0.1, -0.05) is 0 Å². The zero-order valence-electron chi connectivity index (χ0n) is 10.6. The lowest BCUT2D eigenvalue weighted by Crippen LogP contribution is -2.00. The number of anilines is 2. The number of aromatic nitrogens is 2. The van der Waals surface area contributed by atoms with Crippen LogP contribution < -0.4 is 14.8 Å². The Morgan fingerprint density at radius 2 is 2.16 bits per heavy atom. The van der Waals surface area contributed by atoms with Crippen LogP contribution in [0, 0.1) is 18.3 Å². The van der Waals surface area contributed by atoms with E-state index in [1.54, 1.807) is 11.7 Å². The van der Waals surface area contributed by atoms with Crippen molar-refractivity contribution < 1.29 is 9.47 Å². The van der Waals surface area contributed by atoms with Crippen molar-refractivity contribution in [1.29, 1.82) is 5.26 Å². The number of nitrogens with zero attached hydrogens (tertiary/aromatic N) is 3. The predicted molar refractivity (Wildman–Crippen MR) is 68.5 cm³/mol. The molecular weight excluding hydrogens is 244 g/mol. The lowest BCUT2D eigenvalue weighted by Gasteiger charge is -2.07. The molecule has 1 N–H and O–H groups in total. The molecule has 19 heavy (non-hydrogen) atoms. The Morgan fingerprint density at radius 3 is 2.95 bits per heavy atom. The van der Waals surface area contributed by atoms with E-state index in [-0.39, 0.29) is 6.79 Å². The second-order valence-corrected chi connectivity index (χ2v) is 4.24. The van der Waals surface area contributed by atoms with Gasteiger partial charge < -0.3 is 14.8 Å². The highest BCUT2D eigenvalue weighted by atomic mass is 16.7. The van der Waals surface area contributed by atoms with E-state index in [4.69, 9.17) is 14.7 Å². The summed E-state index contributed by atoms with van der Waals surface area (Å²) in [6, 6.07) is 7.70. The molecule has 1 aromatic carbocycles. The molecule has 0 amide bonds. The summed E-state index contributed by atoms with van der Waals surface area (Å²) in [5, 5.41) is 16.6. The summed E-state index contributed by atoms with van der Waals surface area (Å²) in [6.07, 6.45) is 0. The summed E-state index contributed by atoms with van der Waals surface area (Å²) in [7, 11) is 1.79. The Labute approximate surface area is 110 Å². The van der Waals surface area contributed by atoms with Gasteiger partial charge in [-0.2, -0.15) is 10.4 Å². The fourth-order valence-corrected chi connectivity index (χ4v) is 2.05. The van der Waals surface area contributed by atoms with Crippen LogP contribution in [-0.2, 0) is 7.05 Å². The molecule has 0 spiro atoms. The Hall–Kier alpha value is -2.68. The van der Waals surface area contributed by atoms with Crippen LogP contribution in [-0.4, -0.2) is 16.6 Å². The van der Waals surface area contributed by atoms with Crippen molar-refractivity contribution in [2.45, 2.75) is 6.92 Å². The third-order valence-electron chi connectivity index (χ3n) is 2.97. The predicted octanol–water partition coefficient (Wildman–Crippen LogP) is 2.07. The summed E-state index contributed by atoms with van der Waals surface area (Å²) in [6.45, 7) is 2.05. The van der Waals surface area contributed by atoms with Gasteiger partial charge in [0.2, 0.25) is 6.79 Å². The molecule has 0 fully saturated rings. The maximum atomic E-state index is 9.16. The van der Waals surface area contributed by atoms with Crippen molar-refractivity contribution in [3.8, 4) is 17.6 Å². The molecule has 6 heteroatoms. The Kier molecular flexibility index (Phi) is 2.53. The van der Waals surface area contributed by atoms with Gasteiger partial charge in [-0.3, -0.25) is 4.68 Å². The minimum absolute atomic E-state index is 0.243. The average Bonchev–Trinajstić information content (AvgIpc) is 2.94. The fraction of sp³-hybridized carbons (Fsp3) is 0.231. The highest BCUT2D eigenvalue weighted by molar-refractivity contribution is 5.67. The Balaban J connectivity index is 1.96. The molecule has 3 rings (SSSR count). The normalized spacial score (nSPS) is 12.3. The van der Waals surface area contributed by atoms with E-state index in [0.29, 0.717) is 22.8 Å². The van der Waals surface area contributed by atoms with Crippen LogP contribution in [0.25, 0.3) is 0 Å². The van der Waals surface area contributed by atoms with Crippen molar-refractivity contribution in [3.63, 3.8) is 0 Å². The SMILES string of the molecule is Cc1nn(C)c(Nc2ccc3c(c2)OCO3)c1C#N. The van der Waals surface area contributed by atoms with E-state index in [1.807, 2.05) is 25.1 Å². The number of nitrogens with one attached hydrogen (secondary N) is 1. The molecule has 1 aliphatic rings.